The topological polar surface area (TPSA) is 47.0 Å². The van der Waals surface area contributed by atoms with Gasteiger partial charge in [-0.1, -0.05) is 78.3 Å². The normalized spacial score (nSPS) is 12.1. The van der Waals surface area contributed by atoms with Crippen LogP contribution < -0.4 is 0 Å². The van der Waals surface area contributed by atoms with Gasteiger partial charge in [0.1, 0.15) is 0 Å². The number of aromatic nitrogens is 1. The van der Waals surface area contributed by atoms with E-state index in [1.165, 1.54) is 18.3 Å². The van der Waals surface area contributed by atoms with E-state index in [0.29, 0.717) is 28.5 Å². The fourth-order valence-corrected chi connectivity index (χ4v) is 5.95. The quantitative estimate of drug-likeness (QED) is 0.221. The zero-order valence-corrected chi connectivity index (χ0v) is 21.7. The lowest BCUT2D eigenvalue weighted by Crippen LogP contribution is -2.07. The molecule has 0 saturated heterocycles. The lowest BCUT2D eigenvalue weighted by Gasteiger charge is -2.17. The van der Waals surface area contributed by atoms with Crippen LogP contribution >= 0.6 is 11.6 Å². The van der Waals surface area contributed by atoms with Gasteiger partial charge in [0.2, 0.25) is 0 Å². The second kappa shape index (κ2) is 9.89. The zero-order chi connectivity index (χ0) is 27.1. The number of alkyl halides is 3. The van der Waals surface area contributed by atoms with Crippen molar-refractivity contribution in [2.75, 3.05) is 6.26 Å². The summed E-state index contributed by atoms with van der Waals surface area (Å²) in [4.78, 5) is 4.29. The number of benzene rings is 4. The molecule has 0 aliphatic carbocycles. The van der Waals surface area contributed by atoms with Gasteiger partial charge in [-0.05, 0) is 64.1 Å². The summed E-state index contributed by atoms with van der Waals surface area (Å²) in [5.74, 6) is 0. The SMILES string of the molecule is CS(=O)(=O)c1ccc(-c2cccc(-c3c(Cc4ccccc4)cnc4c(C(F)(F)F)cccc34)c2)cc1Cl. The van der Waals surface area contributed by atoms with Crippen molar-refractivity contribution in [3.05, 3.63) is 119 Å². The number of halogens is 4. The number of fused-ring (bicyclic) bond motifs is 1. The van der Waals surface area contributed by atoms with Gasteiger partial charge in [-0.25, -0.2) is 8.42 Å². The fraction of sp³-hybridized carbons (Fsp3) is 0.100. The molecule has 0 saturated carbocycles. The highest BCUT2D eigenvalue weighted by molar-refractivity contribution is 7.90. The molecule has 1 heterocycles. The first-order valence-electron chi connectivity index (χ1n) is 11.6. The molecular weight excluding hydrogens is 531 g/mol. The van der Waals surface area contributed by atoms with E-state index in [0.717, 1.165) is 29.0 Å². The molecule has 192 valence electrons. The summed E-state index contributed by atoms with van der Waals surface area (Å²) >= 11 is 6.28. The Labute approximate surface area is 223 Å². The Morgan fingerprint density at radius 3 is 2.18 bits per heavy atom. The fourth-order valence-electron chi connectivity index (χ4n) is 4.62. The van der Waals surface area contributed by atoms with Gasteiger partial charge in [-0.15, -0.1) is 0 Å². The lowest BCUT2D eigenvalue weighted by molar-refractivity contribution is -0.136. The molecule has 0 aliphatic heterocycles. The molecule has 1 aromatic heterocycles. The maximum absolute atomic E-state index is 13.8. The molecule has 0 radical (unpaired) electrons. The zero-order valence-electron chi connectivity index (χ0n) is 20.1. The lowest BCUT2D eigenvalue weighted by atomic mass is 9.90. The highest BCUT2D eigenvalue weighted by Crippen LogP contribution is 2.40. The molecule has 0 spiro atoms. The average molecular weight is 552 g/mol. The number of nitrogens with zero attached hydrogens (tertiary/aromatic N) is 1. The van der Waals surface area contributed by atoms with Crippen LogP contribution in [0, 0.1) is 0 Å². The van der Waals surface area contributed by atoms with Crippen molar-refractivity contribution in [2.45, 2.75) is 17.5 Å². The number of hydrogen-bond donors (Lipinski definition) is 0. The highest BCUT2D eigenvalue weighted by atomic mass is 35.5. The Balaban J connectivity index is 1.72. The van der Waals surface area contributed by atoms with Crippen LogP contribution in [0.5, 0.6) is 0 Å². The van der Waals surface area contributed by atoms with Crippen molar-refractivity contribution in [1.82, 2.24) is 4.98 Å². The molecule has 5 rings (SSSR count). The van der Waals surface area contributed by atoms with E-state index < -0.39 is 21.6 Å². The summed E-state index contributed by atoms with van der Waals surface area (Å²) in [6, 6.07) is 25.8. The van der Waals surface area contributed by atoms with Crippen LogP contribution in [0.2, 0.25) is 5.02 Å². The van der Waals surface area contributed by atoms with Crippen LogP contribution in [0.25, 0.3) is 33.2 Å². The van der Waals surface area contributed by atoms with Crippen LogP contribution in [0.4, 0.5) is 13.2 Å². The Morgan fingerprint density at radius 2 is 1.50 bits per heavy atom. The minimum absolute atomic E-state index is 0.0315. The van der Waals surface area contributed by atoms with E-state index >= 15 is 0 Å². The maximum Gasteiger partial charge on any atom is 0.418 e. The third-order valence-electron chi connectivity index (χ3n) is 6.33. The van der Waals surface area contributed by atoms with E-state index in [1.54, 1.807) is 18.2 Å². The molecule has 0 fully saturated rings. The second-order valence-corrected chi connectivity index (χ2v) is 11.4. The minimum atomic E-state index is -4.55. The molecule has 0 atom stereocenters. The number of hydrogen-bond acceptors (Lipinski definition) is 3. The smallest absolute Gasteiger partial charge is 0.255 e. The molecule has 0 unspecified atom stereocenters. The van der Waals surface area contributed by atoms with Crippen LogP contribution in [0.15, 0.2) is 102 Å². The molecule has 4 aromatic carbocycles. The number of pyridine rings is 1. The summed E-state index contributed by atoms with van der Waals surface area (Å²) < 4.78 is 65.5. The van der Waals surface area contributed by atoms with E-state index in [4.69, 9.17) is 11.6 Å². The second-order valence-electron chi connectivity index (χ2n) is 9.02. The molecular formula is C30H21ClF3NO2S. The Hall–Kier alpha value is -3.68. The predicted octanol–water partition coefficient (Wildman–Crippen LogP) is 8.24. The van der Waals surface area contributed by atoms with Crippen LogP contribution in [0.1, 0.15) is 16.7 Å². The number of sulfone groups is 1. The van der Waals surface area contributed by atoms with Crippen molar-refractivity contribution < 1.29 is 21.6 Å². The maximum atomic E-state index is 13.8. The average Bonchev–Trinajstić information content (AvgIpc) is 2.87. The number of para-hydroxylation sites is 1. The summed E-state index contributed by atoms with van der Waals surface area (Å²) in [6.45, 7) is 0. The molecule has 0 amide bonds. The van der Waals surface area contributed by atoms with Crippen LogP contribution in [-0.2, 0) is 22.4 Å². The van der Waals surface area contributed by atoms with Gasteiger partial charge in [-0.2, -0.15) is 13.2 Å². The first kappa shape index (κ1) is 25.9. The molecule has 0 N–H and O–H groups in total. The molecule has 38 heavy (non-hydrogen) atoms. The minimum Gasteiger partial charge on any atom is -0.255 e. The molecule has 0 bridgehead atoms. The predicted molar refractivity (Wildman–Crippen MR) is 145 cm³/mol. The largest absolute Gasteiger partial charge is 0.418 e. The van der Waals surface area contributed by atoms with Crippen molar-refractivity contribution >= 4 is 32.3 Å². The summed E-state index contributed by atoms with van der Waals surface area (Å²) in [5.41, 5.74) is 3.68. The highest BCUT2D eigenvalue weighted by Gasteiger charge is 2.33. The van der Waals surface area contributed by atoms with Gasteiger partial charge >= 0.3 is 6.18 Å². The number of rotatable bonds is 5. The van der Waals surface area contributed by atoms with Gasteiger partial charge in [0.25, 0.3) is 0 Å². The van der Waals surface area contributed by atoms with Crippen molar-refractivity contribution in [3.63, 3.8) is 0 Å². The van der Waals surface area contributed by atoms with Crippen LogP contribution in [-0.4, -0.2) is 19.7 Å². The van der Waals surface area contributed by atoms with E-state index in [9.17, 15) is 21.6 Å². The first-order chi connectivity index (χ1) is 18.0. The summed E-state index contributed by atoms with van der Waals surface area (Å²) in [5, 5.41) is 0.500. The monoisotopic (exact) mass is 551 g/mol. The molecule has 8 heteroatoms. The summed E-state index contributed by atoms with van der Waals surface area (Å²) in [6.07, 6.45) is -1.46. The summed E-state index contributed by atoms with van der Waals surface area (Å²) in [7, 11) is -3.49. The van der Waals surface area contributed by atoms with E-state index in [2.05, 4.69) is 4.98 Å². The third-order valence-corrected chi connectivity index (χ3v) is 7.91. The van der Waals surface area contributed by atoms with Crippen molar-refractivity contribution in [3.8, 4) is 22.3 Å². The van der Waals surface area contributed by atoms with Crippen molar-refractivity contribution in [1.29, 1.82) is 0 Å². The Kier molecular flexibility index (Phi) is 6.75. The van der Waals surface area contributed by atoms with Gasteiger partial charge < -0.3 is 0 Å². The van der Waals surface area contributed by atoms with Crippen molar-refractivity contribution in [2.24, 2.45) is 0 Å². The van der Waals surface area contributed by atoms with E-state index in [1.807, 2.05) is 54.6 Å². The third kappa shape index (κ3) is 5.17. The van der Waals surface area contributed by atoms with Crippen LogP contribution in [0.3, 0.4) is 0 Å². The standard InChI is InChI=1S/C30H21ClF3NO2S/c1-38(36,37)27-14-13-21(17-26(27)31)20-9-5-10-22(16-20)28-23(15-19-7-3-2-4-8-19)18-35-29-24(28)11-6-12-25(29)30(32,33)34/h2-14,16-18H,15H2,1H3. The van der Waals surface area contributed by atoms with Gasteiger partial charge in [0.05, 0.1) is 21.0 Å². The van der Waals surface area contributed by atoms with E-state index in [-0.39, 0.29) is 15.4 Å². The molecule has 3 nitrogen and oxygen atoms in total. The first-order valence-corrected chi connectivity index (χ1v) is 13.9. The Bertz CT molecular complexity index is 1770. The Morgan fingerprint density at radius 1 is 0.816 bits per heavy atom. The van der Waals surface area contributed by atoms with Gasteiger partial charge in [-0.3, -0.25) is 4.98 Å². The molecule has 0 aliphatic rings. The molecule has 5 aromatic rings. The van der Waals surface area contributed by atoms with Gasteiger partial charge in [0, 0.05) is 17.8 Å². The van der Waals surface area contributed by atoms with Gasteiger partial charge in [0.15, 0.2) is 9.84 Å².